The molecule has 2 atom stereocenters. The number of imide groups is 2. The summed E-state index contributed by atoms with van der Waals surface area (Å²) in [5.74, 6) is -10.4. The third-order valence-electron chi connectivity index (χ3n) is 6.84. The van der Waals surface area contributed by atoms with Gasteiger partial charge in [-0.3, -0.25) is 37.8 Å². The first-order chi connectivity index (χ1) is 18.0. The highest BCUT2D eigenvalue weighted by Crippen LogP contribution is 2.46. The molecule has 4 amide bonds. The maximum Gasteiger partial charge on any atom is 0.336 e. The van der Waals surface area contributed by atoms with Crippen molar-refractivity contribution >= 4 is 49.8 Å². The minimum Gasteiger partial charge on any atom is -0.494 e. The predicted octanol–water partition coefficient (Wildman–Crippen LogP) is -1.75. The topological polar surface area (TPSA) is 255 Å². The Labute approximate surface area is 219 Å². The van der Waals surface area contributed by atoms with Gasteiger partial charge in [0, 0.05) is 30.8 Å². The number of aromatic nitrogens is 1. The summed E-state index contributed by atoms with van der Waals surface area (Å²) in [6, 6.07) is 1.18. The van der Waals surface area contributed by atoms with Gasteiger partial charge in [-0.2, -0.15) is 16.8 Å². The molecule has 4 rings (SSSR count). The molecule has 0 aromatic carbocycles. The number of amides is 4. The van der Waals surface area contributed by atoms with Crippen LogP contribution < -0.4 is 0 Å². The van der Waals surface area contributed by atoms with Crippen LogP contribution in [-0.4, -0.2) is 92.1 Å². The molecule has 1 saturated carbocycles. The van der Waals surface area contributed by atoms with Crippen molar-refractivity contribution in [2.24, 2.45) is 11.8 Å². The van der Waals surface area contributed by atoms with Gasteiger partial charge in [-0.05, 0) is 31.6 Å². The van der Waals surface area contributed by atoms with Crippen LogP contribution in [0.1, 0.15) is 25.7 Å². The molecule has 2 fully saturated rings. The van der Waals surface area contributed by atoms with E-state index in [0.29, 0.717) is 25.0 Å². The van der Waals surface area contributed by atoms with Crippen LogP contribution in [0.2, 0.25) is 0 Å². The van der Waals surface area contributed by atoms with Crippen LogP contribution in [0.5, 0.6) is 11.8 Å². The number of aromatic hydroxyl groups is 2. The molecule has 1 aromatic heterocycles. The summed E-state index contributed by atoms with van der Waals surface area (Å²) < 4.78 is 68.5. The second-order valence-electron chi connectivity index (χ2n) is 9.14. The van der Waals surface area contributed by atoms with Gasteiger partial charge < -0.3 is 15.1 Å². The van der Waals surface area contributed by atoms with Crippen molar-refractivity contribution in [2.75, 3.05) is 6.54 Å². The molecule has 3 heterocycles. The standard InChI is InChI=1S/C20H21N3O14S2/c24-12-5-6-13(25)21(12)9-10-1-3-11(4-2-10)18(29)37-23-17(28)16(38(31,32)33)20(19(23)30,39(34,35)36)22-14(26)7-8-15(22)27/h5-8,10-11,16,26-27H,1-4,9H2,(H,31,32,33)(H,34,35,36). The molecule has 1 saturated heterocycles. The first-order valence-electron chi connectivity index (χ1n) is 11.2. The molecule has 4 N–H and O–H groups in total. The van der Waals surface area contributed by atoms with Crippen LogP contribution in [0.4, 0.5) is 0 Å². The SMILES string of the molecule is O=C(ON1C(=O)C(S(=O)(=O)O)C(n2c(O)ccc2O)(S(=O)(=O)O)C1=O)C1CCC(CN2C(=O)C=CC2=O)CC1. The highest BCUT2D eigenvalue weighted by Gasteiger charge is 2.76. The Bertz CT molecular complexity index is 1480. The van der Waals surface area contributed by atoms with Gasteiger partial charge in [-0.15, -0.1) is 0 Å². The van der Waals surface area contributed by atoms with Crippen molar-refractivity contribution in [2.45, 2.75) is 35.8 Å². The number of hydrogen-bond donors (Lipinski definition) is 4. The van der Waals surface area contributed by atoms with E-state index in [1.54, 1.807) is 0 Å². The van der Waals surface area contributed by atoms with Crippen molar-refractivity contribution in [3.05, 3.63) is 24.3 Å². The maximum absolute atomic E-state index is 13.3. The van der Waals surface area contributed by atoms with E-state index in [4.69, 9.17) is 4.84 Å². The van der Waals surface area contributed by atoms with Gasteiger partial charge in [0.15, 0.2) is 11.8 Å². The van der Waals surface area contributed by atoms with E-state index in [2.05, 4.69) is 0 Å². The Morgan fingerprint density at radius 2 is 1.44 bits per heavy atom. The minimum absolute atomic E-state index is 0.0771. The van der Waals surface area contributed by atoms with E-state index in [-0.39, 0.29) is 29.9 Å². The van der Waals surface area contributed by atoms with E-state index < -0.39 is 82.7 Å². The van der Waals surface area contributed by atoms with E-state index in [9.17, 15) is 60.1 Å². The first-order valence-corrected chi connectivity index (χ1v) is 14.1. The Hall–Kier alpha value is -3.81. The first kappa shape index (κ1) is 28.2. The average Bonchev–Trinajstić information content (AvgIpc) is 3.41. The van der Waals surface area contributed by atoms with E-state index in [0.717, 1.165) is 17.1 Å². The van der Waals surface area contributed by atoms with Crippen LogP contribution in [0.15, 0.2) is 24.3 Å². The zero-order valence-corrected chi connectivity index (χ0v) is 21.2. The highest BCUT2D eigenvalue weighted by molar-refractivity contribution is 7.92. The second kappa shape index (κ2) is 9.43. The van der Waals surface area contributed by atoms with E-state index >= 15 is 0 Å². The highest BCUT2D eigenvalue weighted by atomic mass is 32.2. The summed E-state index contributed by atoms with van der Waals surface area (Å²) in [5, 5.41) is 16.1. The molecule has 0 bridgehead atoms. The molecule has 1 aliphatic carbocycles. The van der Waals surface area contributed by atoms with Gasteiger partial charge in [-0.1, -0.05) is 5.06 Å². The molecular formula is C20H21N3O14S2. The van der Waals surface area contributed by atoms with Gasteiger partial charge in [0.25, 0.3) is 32.7 Å². The van der Waals surface area contributed by atoms with Crippen molar-refractivity contribution < 1.29 is 65.0 Å². The number of hydrogen-bond acceptors (Lipinski definition) is 12. The number of rotatable bonds is 7. The van der Waals surface area contributed by atoms with Crippen LogP contribution in [-0.2, 0) is 53.9 Å². The fourth-order valence-corrected chi connectivity index (χ4v) is 7.77. The van der Waals surface area contributed by atoms with Crippen molar-refractivity contribution in [3.8, 4) is 11.8 Å². The monoisotopic (exact) mass is 591 g/mol. The lowest BCUT2D eigenvalue weighted by Crippen LogP contribution is -2.56. The molecule has 39 heavy (non-hydrogen) atoms. The zero-order chi connectivity index (χ0) is 29.1. The van der Waals surface area contributed by atoms with Crippen molar-refractivity contribution in [1.82, 2.24) is 14.5 Å². The Balaban J connectivity index is 1.59. The normalized spacial score (nSPS) is 28.0. The molecule has 17 nitrogen and oxygen atoms in total. The number of carbonyl (C=O) groups is 5. The second-order valence-corrected chi connectivity index (χ2v) is 12.2. The quantitative estimate of drug-likeness (QED) is 0.203. The van der Waals surface area contributed by atoms with Crippen LogP contribution >= 0.6 is 0 Å². The summed E-state index contributed by atoms with van der Waals surface area (Å²) in [5.41, 5.74) is 0. The van der Waals surface area contributed by atoms with E-state index in [1.165, 1.54) is 0 Å². The lowest BCUT2D eigenvalue weighted by molar-refractivity contribution is -0.202. The maximum atomic E-state index is 13.3. The minimum atomic E-state index is -6.13. The summed E-state index contributed by atoms with van der Waals surface area (Å²) in [4.78, 5) is 64.2. The third-order valence-corrected chi connectivity index (χ3v) is 9.50. The third kappa shape index (κ3) is 4.45. The van der Waals surface area contributed by atoms with Gasteiger partial charge in [0.1, 0.15) is 0 Å². The lowest BCUT2D eigenvalue weighted by atomic mass is 9.82. The number of carbonyl (C=O) groups excluding carboxylic acids is 5. The van der Waals surface area contributed by atoms with Crippen LogP contribution in [0.3, 0.4) is 0 Å². The van der Waals surface area contributed by atoms with Gasteiger partial charge in [0.2, 0.25) is 5.25 Å². The molecule has 212 valence electrons. The summed E-state index contributed by atoms with van der Waals surface area (Å²) >= 11 is 0. The van der Waals surface area contributed by atoms with Gasteiger partial charge in [-0.25, -0.2) is 4.79 Å². The fraction of sp³-hybridized carbons (Fsp3) is 0.450. The van der Waals surface area contributed by atoms with Crippen LogP contribution in [0, 0.1) is 11.8 Å². The molecular weight excluding hydrogens is 570 g/mol. The van der Waals surface area contributed by atoms with E-state index in [1.807, 2.05) is 0 Å². The fourth-order valence-electron chi connectivity index (χ4n) is 4.99. The van der Waals surface area contributed by atoms with Gasteiger partial charge in [0.05, 0.1) is 5.92 Å². The van der Waals surface area contributed by atoms with Crippen molar-refractivity contribution in [1.29, 1.82) is 0 Å². The van der Waals surface area contributed by atoms with Gasteiger partial charge >= 0.3 is 22.0 Å². The molecule has 1 aromatic rings. The largest absolute Gasteiger partial charge is 0.494 e. The van der Waals surface area contributed by atoms with Crippen molar-refractivity contribution in [3.63, 3.8) is 0 Å². The number of nitrogens with zero attached hydrogens (tertiary/aromatic N) is 3. The summed E-state index contributed by atoms with van der Waals surface area (Å²) in [6.45, 7) is 0.0896. The van der Waals surface area contributed by atoms with Crippen LogP contribution in [0.25, 0.3) is 0 Å². The molecule has 19 heteroatoms. The molecule has 0 radical (unpaired) electrons. The Kier molecular flexibility index (Phi) is 6.82. The Morgan fingerprint density at radius 3 is 1.90 bits per heavy atom. The molecule has 2 aliphatic heterocycles. The lowest BCUT2D eigenvalue weighted by Gasteiger charge is -2.30. The summed E-state index contributed by atoms with van der Waals surface area (Å²) in [6.07, 6.45) is 2.99. The summed E-state index contributed by atoms with van der Waals surface area (Å²) in [7, 11) is -12.0. The molecule has 3 aliphatic rings. The number of hydroxylamine groups is 2. The molecule has 2 unspecified atom stereocenters. The smallest absolute Gasteiger partial charge is 0.336 e. The predicted molar refractivity (Wildman–Crippen MR) is 122 cm³/mol. The molecule has 0 spiro atoms. The average molecular weight is 592 g/mol. The Morgan fingerprint density at radius 1 is 0.923 bits per heavy atom. The zero-order valence-electron chi connectivity index (χ0n) is 19.6.